The van der Waals surface area contributed by atoms with E-state index in [9.17, 15) is 9.59 Å². The van der Waals surface area contributed by atoms with Crippen molar-refractivity contribution in [3.05, 3.63) is 66.7 Å². The summed E-state index contributed by atoms with van der Waals surface area (Å²) in [6.45, 7) is 6.50. The second kappa shape index (κ2) is 9.23. The number of esters is 1. The minimum absolute atomic E-state index is 0.147. The number of thioether (sulfide) groups is 1. The predicted molar refractivity (Wildman–Crippen MR) is 112 cm³/mol. The first-order valence-electron chi connectivity index (χ1n) is 8.88. The Hall–Kier alpha value is -3.06. The number of ether oxygens (including phenoxy) is 1. The van der Waals surface area contributed by atoms with Crippen LogP contribution >= 0.6 is 11.8 Å². The molecule has 1 heterocycles. The number of amides is 1. The number of anilines is 1. The Kier molecular flexibility index (Phi) is 6.49. The number of hydrogen-bond donors (Lipinski definition) is 1. The van der Waals surface area contributed by atoms with Crippen LogP contribution in [0.5, 0.6) is 0 Å². The predicted octanol–water partition coefficient (Wildman–Crippen LogP) is 4.13. The molecule has 0 radical (unpaired) electrons. The molecule has 28 heavy (non-hydrogen) atoms. The molecule has 0 aliphatic carbocycles. The normalized spacial score (nSPS) is 10.6. The highest BCUT2D eigenvalue weighted by molar-refractivity contribution is 7.99. The van der Waals surface area contributed by atoms with Gasteiger partial charge in [0.1, 0.15) is 0 Å². The molecule has 144 valence electrons. The second-order valence-corrected chi connectivity index (χ2v) is 6.86. The van der Waals surface area contributed by atoms with Crippen molar-refractivity contribution in [3.63, 3.8) is 0 Å². The Labute approximate surface area is 167 Å². The molecule has 0 unspecified atom stereocenters. The Bertz CT molecular complexity index is 996. The molecule has 0 saturated carbocycles. The molecule has 0 spiro atoms. The molecule has 0 fully saturated rings. The lowest BCUT2D eigenvalue weighted by molar-refractivity contribution is -0.113. The lowest BCUT2D eigenvalue weighted by atomic mass is 10.2. The minimum Gasteiger partial charge on any atom is -0.462 e. The third-order valence-electron chi connectivity index (χ3n) is 3.94. The van der Waals surface area contributed by atoms with Gasteiger partial charge in [-0.05, 0) is 43.3 Å². The number of aromatic nitrogens is 2. The van der Waals surface area contributed by atoms with Gasteiger partial charge in [0, 0.05) is 12.2 Å². The van der Waals surface area contributed by atoms with Crippen LogP contribution in [0.25, 0.3) is 11.0 Å². The van der Waals surface area contributed by atoms with Crippen molar-refractivity contribution in [2.75, 3.05) is 17.7 Å². The summed E-state index contributed by atoms with van der Waals surface area (Å²) in [5, 5.41) is 3.60. The number of allylic oxidation sites excluding steroid dienone is 1. The van der Waals surface area contributed by atoms with Crippen molar-refractivity contribution < 1.29 is 14.3 Å². The highest BCUT2D eigenvalue weighted by Gasteiger charge is 2.12. The maximum Gasteiger partial charge on any atom is 0.338 e. The van der Waals surface area contributed by atoms with Gasteiger partial charge in [0.25, 0.3) is 0 Å². The van der Waals surface area contributed by atoms with Crippen LogP contribution in [0, 0.1) is 0 Å². The molecule has 3 aromatic rings. The van der Waals surface area contributed by atoms with E-state index >= 15 is 0 Å². The Morgan fingerprint density at radius 2 is 1.96 bits per heavy atom. The average Bonchev–Trinajstić information content (AvgIpc) is 3.05. The van der Waals surface area contributed by atoms with Crippen molar-refractivity contribution in [1.82, 2.24) is 9.55 Å². The van der Waals surface area contributed by atoms with Crippen LogP contribution in [-0.2, 0) is 16.1 Å². The zero-order valence-corrected chi connectivity index (χ0v) is 16.4. The number of carbonyl (C=O) groups excluding carboxylic acids is 2. The smallest absolute Gasteiger partial charge is 0.338 e. The lowest BCUT2D eigenvalue weighted by Gasteiger charge is -2.08. The monoisotopic (exact) mass is 395 g/mol. The summed E-state index contributed by atoms with van der Waals surface area (Å²) in [4.78, 5) is 28.6. The SMILES string of the molecule is C=CCn1c(SCC(=O)Nc2ccc(C(=O)OCC)cc2)nc2ccccc21. The molecule has 1 N–H and O–H groups in total. The van der Waals surface area contributed by atoms with Gasteiger partial charge in [-0.2, -0.15) is 0 Å². The van der Waals surface area contributed by atoms with Crippen LogP contribution in [-0.4, -0.2) is 33.8 Å². The Balaban J connectivity index is 1.63. The maximum absolute atomic E-state index is 12.3. The van der Waals surface area contributed by atoms with Crippen molar-refractivity contribution in [2.45, 2.75) is 18.6 Å². The van der Waals surface area contributed by atoms with E-state index in [2.05, 4.69) is 16.9 Å². The fourth-order valence-corrected chi connectivity index (χ4v) is 3.52. The van der Waals surface area contributed by atoms with E-state index in [1.165, 1.54) is 11.8 Å². The molecule has 0 bridgehead atoms. The summed E-state index contributed by atoms with van der Waals surface area (Å²) < 4.78 is 6.98. The fourth-order valence-electron chi connectivity index (χ4n) is 2.70. The van der Waals surface area contributed by atoms with Crippen LogP contribution in [0.4, 0.5) is 5.69 Å². The molecule has 1 amide bonds. The van der Waals surface area contributed by atoms with Gasteiger partial charge in [0.15, 0.2) is 5.16 Å². The van der Waals surface area contributed by atoms with Crippen molar-refractivity contribution >= 4 is 40.4 Å². The number of imidazole rings is 1. The number of para-hydroxylation sites is 2. The van der Waals surface area contributed by atoms with Crippen LogP contribution in [0.15, 0.2) is 66.3 Å². The first-order chi connectivity index (χ1) is 13.6. The first-order valence-corrected chi connectivity index (χ1v) is 9.87. The van der Waals surface area contributed by atoms with Crippen molar-refractivity contribution in [2.24, 2.45) is 0 Å². The molecule has 0 atom stereocenters. The standard InChI is InChI=1S/C21H21N3O3S/c1-3-13-24-18-8-6-5-7-17(18)23-21(24)28-14-19(25)22-16-11-9-15(10-12-16)20(26)27-4-2/h3,5-12H,1,4,13-14H2,2H3,(H,22,25). The van der Waals surface area contributed by atoms with Gasteiger partial charge >= 0.3 is 5.97 Å². The summed E-state index contributed by atoms with van der Waals surface area (Å²) in [7, 11) is 0. The first kappa shape index (κ1) is 19.7. The van der Waals surface area contributed by atoms with E-state index in [4.69, 9.17) is 4.74 Å². The van der Waals surface area contributed by atoms with E-state index in [-0.39, 0.29) is 17.6 Å². The summed E-state index contributed by atoms with van der Waals surface area (Å²) in [5.41, 5.74) is 2.98. The van der Waals surface area contributed by atoms with Crippen molar-refractivity contribution in [3.8, 4) is 0 Å². The number of nitrogens with zero attached hydrogens (tertiary/aromatic N) is 2. The van der Waals surface area contributed by atoms with E-state index in [1.807, 2.05) is 34.9 Å². The number of rotatable bonds is 8. The summed E-state index contributed by atoms with van der Waals surface area (Å²) in [6, 6.07) is 14.5. The largest absolute Gasteiger partial charge is 0.462 e. The van der Waals surface area contributed by atoms with E-state index < -0.39 is 0 Å². The van der Waals surface area contributed by atoms with Gasteiger partial charge in [0.2, 0.25) is 5.91 Å². The van der Waals surface area contributed by atoms with Crippen LogP contribution in [0.1, 0.15) is 17.3 Å². The highest BCUT2D eigenvalue weighted by Crippen LogP contribution is 2.24. The Morgan fingerprint density at radius 3 is 2.68 bits per heavy atom. The van der Waals surface area contributed by atoms with Crippen LogP contribution < -0.4 is 5.32 Å². The molecule has 3 rings (SSSR count). The van der Waals surface area contributed by atoms with Crippen LogP contribution in [0.2, 0.25) is 0 Å². The molecule has 2 aromatic carbocycles. The fraction of sp³-hybridized carbons (Fsp3) is 0.190. The molecule has 1 aromatic heterocycles. The van der Waals surface area contributed by atoms with Gasteiger partial charge < -0.3 is 14.6 Å². The zero-order chi connectivity index (χ0) is 19.9. The summed E-state index contributed by atoms with van der Waals surface area (Å²) >= 11 is 1.37. The minimum atomic E-state index is -0.378. The maximum atomic E-state index is 12.3. The topological polar surface area (TPSA) is 73.2 Å². The molecule has 7 heteroatoms. The van der Waals surface area contributed by atoms with Gasteiger partial charge in [0.05, 0.1) is 29.0 Å². The van der Waals surface area contributed by atoms with E-state index in [0.29, 0.717) is 24.4 Å². The molecular weight excluding hydrogens is 374 g/mol. The average molecular weight is 395 g/mol. The van der Waals surface area contributed by atoms with Gasteiger partial charge in [-0.15, -0.1) is 6.58 Å². The third-order valence-corrected chi connectivity index (χ3v) is 4.92. The number of nitrogens with one attached hydrogen (secondary N) is 1. The van der Waals surface area contributed by atoms with Crippen molar-refractivity contribution in [1.29, 1.82) is 0 Å². The van der Waals surface area contributed by atoms with Crippen LogP contribution in [0.3, 0.4) is 0 Å². The summed E-state index contributed by atoms with van der Waals surface area (Å²) in [5.74, 6) is -0.303. The lowest BCUT2D eigenvalue weighted by Crippen LogP contribution is -2.15. The van der Waals surface area contributed by atoms with E-state index in [1.54, 1.807) is 31.2 Å². The number of carbonyl (C=O) groups is 2. The molecule has 0 aliphatic heterocycles. The van der Waals surface area contributed by atoms with Gasteiger partial charge in [-0.3, -0.25) is 4.79 Å². The molecular formula is C21H21N3O3S. The molecule has 0 aliphatic rings. The van der Waals surface area contributed by atoms with Gasteiger partial charge in [-0.25, -0.2) is 9.78 Å². The van der Waals surface area contributed by atoms with Gasteiger partial charge in [-0.1, -0.05) is 30.0 Å². The number of fused-ring (bicyclic) bond motifs is 1. The Morgan fingerprint density at radius 1 is 1.21 bits per heavy atom. The highest BCUT2D eigenvalue weighted by atomic mass is 32.2. The quantitative estimate of drug-likeness (QED) is 0.353. The molecule has 0 saturated heterocycles. The molecule has 6 nitrogen and oxygen atoms in total. The second-order valence-electron chi connectivity index (χ2n) is 5.92. The third kappa shape index (κ3) is 4.61. The van der Waals surface area contributed by atoms with E-state index in [0.717, 1.165) is 16.2 Å². The zero-order valence-electron chi connectivity index (χ0n) is 15.6. The number of hydrogen-bond acceptors (Lipinski definition) is 5. The summed E-state index contributed by atoms with van der Waals surface area (Å²) in [6.07, 6.45) is 1.81. The number of benzene rings is 2.